The lowest BCUT2D eigenvalue weighted by Crippen LogP contribution is -1.84. The molecule has 1 unspecified atom stereocenters. The van der Waals surface area contributed by atoms with Crippen molar-refractivity contribution in [3.8, 4) is 0 Å². The summed E-state index contributed by atoms with van der Waals surface area (Å²) in [7, 11) is 2.07. The number of aryl methyl sites for hydroxylation is 1. The van der Waals surface area contributed by atoms with E-state index in [-0.39, 0.29) is 0 Å². The second kappa shape index (κ2) is 2.36. The molecular formula is C11H11NO. The largest absolute Gasteiger partial charge is 0.368 e. The summed E-state index contributed by atoms with van der Waals surface area (Å²) in [6, 6.07) is 8.67. The van der Waals surface area contributed by atoms with E-state index in [9.17, 15) is 0 Å². The molecule has 13 heavy (non-hydrogen) atoms. The van der Waals surface area contributed by atoms with Crippen molar-refractivity contribution >= 4 is 10.9 Å². The Balaban J connectivity index is 2.21. The Hall–Kier alpha value is -1.28. The molecule has 2 aromatic rings. The van der Waals surface area contributed by atoms with Crippen molar-refractivity contribution < 1.29 is 4.74 Å². The summed E-state index contributed by atoms with van der Waals surface area (Å²) in [4.78, 5) is 0. The highest BCUT2D eigenvalue weighted by atomic mass is 16.6. The third-order valence-corrected chi connectivity index (χ3v) is 2.61. The molecule has 66 valence electrons. The molecule has 0 bridgehead atoms. The van der Waals surface area contributed by atoms with E-state index >= 15 is 0 Å². The molecule has 1 aromatic heterocycles. The summed E-state index contributed by atoms with van der Waals surface area (Å²) in [5.41, 5.74) is 2.59. The highest BCUT2D eigenvalue weighted by Crippen LogP contribution is 2.31. The molecule has 2 heterocycles. The maximum Gasteiger partial charge on any atom is 0.106 e. The van der Waals surface area contributed by atoms with Crippen molar-refractivity contribution in [2.45, 2.75) is 6.10 Å². The van der Waals surface area contributed by atoms with Gasteiger partial charge in [0, 0.05) is 18.8 Å². The van der Waals surface area contributed by atoms with Gasteiger partial charge in [0.15, 0.2) is 0 Å². The molecule has 1 aromatic carbocycles. The summed E-state index contributed by atoms with van der Waals surface area (Å²) in [6.07, 6.45) is 2.45. The summed E-state index contributed by atoms with van der Waals surface area (Å²) >= 11 is 0. The van der Waals surface area contributed by atoms with E-state index in [4.69, 9.17) is 4.74 Å². The zero-order valence-corrected chi connectivity index (χ0v) is 7.53. The minimum absolute atomic E-state index is 0.365. The number of hydrogen-bond acceptors (Lipinski definition) is 1. The van der Waals surface area contributed by atoms with Crippen LogP contribution >= 0.6 is 0 Å². The van der Waals surface area contributed by atoms with Gasteiger partial charge in [-0.25, -0.2) is 0 Å². The first kappa shape index (κ1) is 7.15. The topological polar surface area (TPSA) is 17.5 Å². The summed E-state index contributed by atoms with van der Waals surface area (Å²) in [5.74, 6) is 0. The Kier molecular flexibility index (Phi) is 1.30. The molecule has 0 amide bonds. The van der Waals surface area contributed by atoms with Crippen LogP contribution in [0.1, 0.15) is 11.7 Å². The van der Waals surface area contributed by atoms with Gasteiger partial charge in [-0.2, -0.15) is 0 Å². The van der Waals surface area contributed by atoms with Gasteiger partial charge in [0.1, 0.15) is 6.10 Å². The molecule has 1 atom stereocenters. The third kappa shape index (κ3) is 1.06. The molecule has 0 saturated carbocycles. The Bertz CT molecular complexity index is 454. The minimum Gasteiger partial charge on any atom is -0.368 e. The summed E-state index contributed by atoms with van der Waals surface area (Å²) < 4.78 is 7.38. The molecule has 1 saturated heterocycles. The highest BCUT2D eigenvalue weighted by Gasteiger charge is 2.24. The molecule has 2 nitrogen and oxygen atoms in total. The van der Waals surface area contributed by atoms with E-state index in [2.05, 4.69) is 42.1 Å². The number of rotatable bonds is 1. The number of epoxide rings is 1. The van der Waals surface area contributed by atoms with Crippen LogP contribution in [-0.4, -0.2) is 11.2 Å². The van der Waals surface area contributed by atoms with Gasteiger partial charge in [-0.15, -0.1) is 0 Å². The van der Waals surface area contributed by atoms with Gasteiger partial charge in [-0.1, -0.05) is 6.07 Å². The molecule has 3 rings (SSSR count). The average molecular weight is 173 g/mol. The SMILES string of the molecule is Cn1ccc2cc(C3CO3)ccc21. The molecule has 1 fully saturated rings. The maximum absolute atomic E-state index is 5.24. The van der Waals surface area contributed by atoms with Crippen molar-refractivity contribution in [3.63, 3.8) is 0 Å². The zero-order chi connectivity index (χ0) is 8.84. The number of hydrogen-bond donors (Lipinski definition) is 0. The van der Waals surface area contributed by atoms with Gasteiger partial charge in [-0.3, -0.25) is 0 Å². The van der Waals surface area contributed by atoms with Gasteiger partial charge in [0.05, 0.1) is 6.61 Å². The first-order valence-electron chi connectivity index (χ1n) is 4.51. The average Bonchev–Trinajstić information content (AvgIpc) is 2.93. The van der Waals surface area contributed by atoms with Crippen LogP contribution < -0.4 is 0 Å². The summed E-state index contributed by atoms with van der Waals surface area (Å²) in [6.45, 7) is 0.887. The fraction of sp³-hybridized carbons (Fsp3) is 0.273. The fourth-order valence-corrected chi connectivity index (χ4v) is 1.74. The van der Waals surface area contributed by atoms with E-state index in [0.29, 0.717) is 6.10 Å². The number of benzene rings is 1. The first-order chi connectivity index (χ1) is 6.34. The Morgan fingerprint density at radius 3 is 3.00 bits per heavy atom. The van der Waals surface area contributed by atoms with Gasteiger partial charge in [0.25, 0.3) is 0 Å². The Morgan fingerprint density at radius 1 is 1.38 bits per heavy atom. The van der Waals surface area contributed by atoms with Gasteiger partial charge < -0.3 is 9.30 Å². The molecule has 0 N–H and O–H groups in total. The quantitative estimate of drug-likeness (QED) is 0.604. The van der Waals surface area contributed by atoms with Gasteiger partial charge in [0.2, 0.25) is 0 Å². The smallest absolute Gasteiger partial charge is 0.106 e. The zero-order valence-electron chi connectivity index (χ0n) is 7.53. The number of ether oxygens (including phenoxy) is 1. The van der Waals surface area contributed by atoms with Gasteiger partial charge in [-0.05, 0) is 29.1 Å². The normalized spacial score (nSPS) is 20.8. The summed E-state index contributed by atoms with van der Waals surface area (Å²) in [5, 5.41) is 1.30. The first-order valence-corrected chi connectivity index (χ1v) is 4.51. The van der Waals surface area contributed by atoms with Crippen molar-refractivity contribution in [1.29, 1.82) is 0 Å². The van der Waals surface area contributed by atoms with E-state index in [1.807, 2.05) is 0 Å². The van der Waals surface area contributed by atoms with Crippen LogP contribution in [-0.2, 0) is 11.8 Å². The van der Waals surface area contributed by atoms with Crippen molar-refractivity contribution in [2.75, 3.05) is 6.61 Å². The van der Waals surface area contributed by atoms with Crippen molar-refractivity contribution in [1.82, 2.24) is 4.57 Å². The van der Waals surface area contributed by atoms with Crippen molar-refractivity contribution in [3.05, 3.63) is 36.0 Å². The lowest BCUT2D eigenvalue weighted by molar-refractivity contribution is 0.416. The molecule has 1 aliphatic rings. The molecular weight excluding hydrogens is 162 g/mol. The number of aromatic nitrogens is 1. The van der Waals surface area contributed by atoms with E-state index in [0.717, 1.165) is 6.61 Å². The van der Waals surface area contributed by atoms with E-state index < -0.39 is 0 Å². The molecule has 0 spiro atoms. The Morgan fingerprint density at radius 2 is 2.23 bits per heavy atom. The molecule has 0 aliphatic carbocycles. The van der Waals surface area contributed by atoms with Crippen LogP contribution in [0.2, 0.25) is 0 Å². The van der Waals surface area contributed by atoms with Crippen LogP contribution in [0.25, 0.3) is 10.9 Å². The third-order valence-electron chi connectivity index (χ3n) is 2.61. The molecule has 1 aliphatic heterocycles. The van der Waals surface area contributed by atoms with Crippen LogP contribution in [0, 0.1) is 0 Å². The van der Waals surface area contributed by atoms with Crippen LogP contribution in [0.4, 0.5) is 0 Å². The lowest BCUT2D eigenvalue weighted by Gasteiger charge is -1.98. The molecule has 2 heteroatoms. The number of nitrogens with zero attached hydrogens (tertiary/aromatic N) is 1. The van der Waals surface area contributed by atoms with E-state index in [1.54, 1.807) is 0 Å². The minimum atomic E-state index is 0.365. The maximum atomic E-state index is 5.24. The molecule has 0 radical (unpaired) electrons. The second-order valence-corrected chi connectivity index (χ2v) is 3.57. The number of fused-ring (bicyclic) bond motifs is 1. The highest BCUT2D eigenvalue weighted by molar-refractivity contribution is 5.80. The monoisotopic (exact) mass is 173 g/mol. The standard InChI is InChI=1S/C11H11NO/c1-12-5-4-8-6-9(11-7-13-11)2-3-10(8)12/h2-6,11H,7H2,1H3. The predicted octanol–water partition coefficient (Wildman–Crippen LogP) is 2.25. The van der Waals surface area contributed by atoms with E-state index in [1.165, 1.54) is 16.5 Å². The lowest BCUT2D eigenvalue weighted by atomic mass is 10.1. The van der Waals surface area contributed by atoms with Crippen LogP contribution in [0.5, 0.6) is 0 Å². The van der Waals surface area contributed by atoms with Crippen LogP contribution in [0.15, 0.2) is 30.5 Å². The van der Waals surface area contributed by atoms with Crippen LogP contribution in [0.3, 0.4) is 0 Å². The van der Waals surface area contributed by atoms with Gasteiger partial charge >= 0.3 is 0 Å². The fourth-order valence-electron chi connectivity index (χ4n) is 1.74. The Labute approximate surface area is 76.7 Å². The second-order valence-electron chi connectivity index (χ2n) is 3.57. The predicted molar refractivity (Wildman–Crippen MR) is 51.6 cm³/mol. The van der Waals surface area contributed by atoms with Crippen molar-refractivity contribution in [2.24, 2.45) is 7.05 Å².